The van der Waals surface area contributed by atoms with Crippen LogP contribution in [0.1, 0.15) is 49.0 Å². The zero-order valence-corrected chi connectivity index (χ0v) is 14.1. The highest BCUT2D eigenvalue weighted by Gasteiger charge is 2.19. The van der Waals surface area contributed by atoms with E-state index >= 15 is 0 Å². The molecule has 1 N–H and O–H groups in total. The van der Waals surface area contributed by atoms with Gasteiger partial charge in [-0.3, -0.25) is 14.6 Å². The van der Waals surface area contributed by atoms with Crippen LogP contribution in [0, 0.1) is 0 Å². The zero-order chi connectivity index (χ0) is 16.8. The number of nitrogens with zero attached hydrogens (tertiary/aromatic N) is 3. The third kappa shape index (κ3) is 4.24. The third-order valence-electron chi connectivity index (χ3n) is 5.00. The Morgan fingerprint density at radius 3 is 2.50 bits per heavy atom. The van der Waals surface area contributed by atoms with Crippen LogP contribution in [0.25, 0.3) is 0 Å². The molecule has 2 amide bonds. The Balaban J connectivity index is 1.62. The SMILES string of the molecule is O=CN1CCN(c2ccnc(C(=O)NC3CCCCCC3)c2)CC1. The van der Waals surface area contributed by atoms with Crippen LogP contribution >= 0.6 is 0 Å². The van der Waals surface area contributed by atoms with Gasteiger partial charge in [0.2, 0.25) is 6.41 Å². The molecule has 1 saturated heterocycles. The average molecular weight is 330 g/mol. The van der Waals surface area contributed by atoms with E-state index in [9.17, 15) is 9.59 Å². The molecule has 6 nitrogen and oxygen atoms in total. The molecule has 0 unspecified atom stereocenters. The Bertz CT molecular complexity index is 562. The molecule has 2 fully saturated rings. The van der Waals surface area contributed by atoms with Crippen molar-refractivity contribution in [3.05, 3.63) is 24.0 Å². The van der Waals surface area contributed by atoms with Gasteiger partial charge >= 0.3 is 0 Å². The van der Waals surface area contributed by atoms with E-state index in [1.54, 1.807) is 11.1 Å². The predicted molar refractivity (Wildman–Crippen MR) is 93.0 cm³/mol. The molecule has 0 atom stereocenters. The van der Waals surface area contributed by atoms with Crippen molar-refractivity contribution in [2.24, 2.45) is 0 Å². The molecule has 2 heterocycles. The lowest BCUT2D eigenvalue weighted by Gasteiger charge is -2.34. The van der Waals surface area contributed by atoms with Gasteiger partial charge in [0, 0.05) is 44.1 Å². The number of piperazine rings is 1. The summed E-state index contributed by atoms with van der Waals surface area (Å²) in [5, 5.41) is 3.15. The molecule has 1 saturated carbocycles. The van der Waals surface area contributed by atoms with Gasteiger partial charge in [0.15, 0.2) is 0 Å². The maximum absolute atomic E-state index is 12.5. The number of carbonyl (C=O) groups excluding carboxylic acids is 2. The second kappa shape index (κ2) is 8.13. The Morgan fingerprint density at radius 2 is 1.83 bits per heavy atom. The lowest BCUT2D eigenvalue weighted by atomic mass is 10.1. The minimum absolute atomic E-state index is 0.0738. The highest BCUT2D eigenvalue weighted by Crippen LogP contribution is 2.19. The molecule has 1 aromatic heterocycles. The number of carbonyl (C=O) groups is 2. The number of pyridine rings is 1. The first-order valence-electron chi connectivity index (χ1n) is 8.97. The largest absolute Gasteiger partial charge is 0.368 e. The predicted octanol–water partition coefficient (Wildman–Crippen LogP) is 1.81. The van der Waals surface area contributed by atoms with Gasteiger partial charge < -0.3 is 15.1 Å². The Kier molecular flexibility index (Phi) is 5.67. The number of amides is 2. The van der Waals surface area contributed by atoms with Crippen molar-refractivity contribution < 1.29 is 9.59 Å². The summed E-state index contributed by atoms with van der Waals surface area (Å²) in [5.41, 5.74) is 1.48. The Labute approximate surface area is 143 Å². The van der Waals surface area contributed by atoms with Crippen LogP contribution in [0.4, 0.5) is 5.69 Å². The number of rotatable bonds is 4. The Morgan fingerprint density at radius 1 is 1.12 bits per heavy atom. The first-order valence-corrected chi connectivity index (χ1v) is 8.97. The second-order valence-corrected chi connectivity index (χ2v) is 6.69. The van der Waals surface area contributed by atoms with Crippen molar-refractivity contribution in [1.29, 1.82) is 0 Å². The fraction of sp³-hybridized carbons (Fsp3) is 0.611. The van der Waals surface area contributed by atoms with E-state index in [4.69, 9.17) is 0 Å². The van der Waals surface area contributed by atoms with Crippen LogP contribution < -0.4 is 10.2 Å². The van der Waals surface area contributed by atoms with Crippen molar-refractivity contribution in [2.45, 2.75) is 44.6 Å². The van der Waals surface area contributed by atoms with Crippen LogP contribution in [-0.2, 0) is 4.79 Å². The number of nitrogens with one attached hydrogen (secondary N) is 1. The topological polar surface area (TPSA) is 65.5 Å². The lowest BCUT2D eigenvalue weighted by Crippen LogP contribution is -2.45. The van der Waals surface area contributed by atoms with Crippen LogP contribution in [-0.4, -0.2) is 54.4 Å². The fourth-order valence-corrected chi connectivity index (χ4v) is 3.51. The van der Waals surface area contributed by atoms with Gasteiger partial charge in [-0.05, 0) is 25.0 Å². The Hall–Kier alpha value is -2.11. The van der Waals surface area contributed by atoms with Crippen LogP contribution in [0.15, 0.2) is 18.3 Å². The zero-order valence-electron chi connectivity index (χ0n) is 14.1. The molecule has 0 aromatic carbocycles. The molecule has 1 aliphatic heterocycles. The number of hydrogen-bond acceptors (Lipinski definition) is 4. The first kappa shape index (κ1) is 16.7. The normalized spacial score (nSPS) is 19.7. The number of aromatic nitrogens is 1. The molecule has 24 heavy (non-hydrogen) atoms. The van der Waals surface area contributed by atoms with Crippen molar-refractivity contribution >= 4 is 18.0 Å². The summed E-state index contributed by atoms with van der Waals surface area (Å²) in [7, 11) is 0. The van der Waals surface area contributed by atoms with Crippen LogP contribution in [0.3, 0.4) is 0 Å². The van der Waals surface area contributed by atoms with Crippen LogP contribution in [0.2, 0.25) is 0 Å². The molecule has 2 aliphatic rings. The summed E-state index contributed by atoms with van der Waals surface area (Å²) in [4.78, 5) is 31.5. The molecule has 3 rings (SSSR count). The first-order chi connectivity index (χ1) is 11.8. The maximum atomic E-state index is 12.5. The van der Waals surface area contributed by atoms with E-state index in [1.165, 1.54) is 25.7 Å². The van der Waals surface area contributed by atoms with Gasteiger partial charge in [0.25, 0.3) is 5.91 Å². The average Bonchev–Trinajstić information content (AvgIpc) is 2.90. The number of hydrogen-bond donors (Lipinski definition) is 1. The summed E-state index contributed by atoms with van der Waals surface area (Å²) in [5.74, 6) is -0.0738. The van der Waals surface area contributed by atoms with E-state index in [-0.39, 0.29) is 11.9 Å². The summed E-state index contributed by atoms with van der Waals surface area (Å²) in [6.45, 7) is 3.00. The fourth-order valence-electron chi connectivity index (χ4n) is 3.51. The van der Waals surface area contributed by atoms with Gasteiger partial charge in [-0.1, -0.05) is 25.7 Å². The van der Waals surface area contributed by atoms with Gasteiger partial charge in [-0.2, -0.15) is 0 Å². The van der Waals surface area contributed by atoms with E-state index in [0.29, 0.717) is 5.69 Å². The molecule has 0 spiro atoms. The van der Waals surface area contributed by atoms with Crippen molar-refractivity contribution in [3.8, 4) is 0 Å². The molecule has 6 heteroatoms. The van der Waals surface area contributed by atoms with E-state index in [1.807, 2.05) is 12.1 Å². The minimum atomic E-state index is -0.0738. The highest BCUT2D eigenvalue weighted by atomic mass is 16.2. The van der Waals surface area contributed by atoms with E-state index < -0.39 is 0 Å². The third-order valence-corrected chi connectivity index (χ3v) is 5.00. The van der Waals surface area contributed by atoms with Gasteiger partial charge in [-0.15, -0.1) is 0 Å². The highest BCUT2D eigenvalue weighted by molar-refractivity contribution is 5.93. The summed E-state index contributed by atoms with van der Waals surface area (Å²) in [6, 6.07) is 4.07. The molecule has 0 radical (unpaired) electrons. The summed E-state index contributed by atoms with van der Waals surface area (Å²) < 4.78 is 0. The molecular weight excluding hydrogens is 304 g/mol. The molecule has 1 aromatic rings. The van der Waals surface area contributed by atoms with Gasteiger partial charge in [0.05, 0.1) is 0 Å². The molecule has 130 valence electrons. The maximum Gasteiger partial charge on any atom is 0.270 e. The molecular formula is C18H26N4O2. The van der Waals surface area contributed by atoms with E-state index in [0.717, 1.165) is 51.1 Å². The van der Waals surface area contributed by atoms with Crippen molar-refractivity contribution in [2.75, 3.05) is 31.1 Å². The monoisotopic (exact) mass is 330 g/mol. The second-order valence-electron chi connectivity index (χ2n) is 6.69. The molecule has 1 aliphatic carbocycles. The van der Waals surface area contributed by atoms with Crippen molar-refractivity contribution in [1.82, 2.24) is 15.2 Å². The molecule has 0 bridgehead atoms. The van der Waals surface area contributed by atoms with Crippen molar-refractivity contribution in [3.63, 3.8) is 0 Å². The van der Waals surface area contributed by atoms with Gasteiger partial charge in [-0.25, -0.2) is 0 Å². The summed E-state index contributed by atoms with van der Waals surface area (Å²) >= 11 is 0. The quantitative estimate of drug-likeness (QED) is 0.675. The minimum Gasteiger partial charge on any atom is -0.368 e. The lowest BCUT2D eigenvalue weighted by molar-refractivity contribution is -0.118. The number of anilines is 1. The smallest absolute Gasteiger partial charge is 0.270 e. The van der Waals surface area contributed by atoms with E-state index in [2.05, 4.69) is 15.2 Å². The summed E-state index contributed by atoms with van der Waals surface area (Å²) in [6.07, 6.45) is 9.66. The standard InChI is InChI=1S/C18H26N4O2/c23-14-21-9-11-22(12-10-21)16-7-8-19-17(13-16)18(24)20-15-5-3-1-2-4-6-15/h7-8,13-15H,1-6,9-12H2,(H,20,24). The van der Waals surface area contributed by atoms with Crippen LogP contribution in [0.5, 0.6) is 0 Å². The van der Waals surface area contributed by atoms with Gasteiger partial charge in [0.1, 0.15) is 5.69 Å².